The van der Waals surface area contributed by atoms with Crippen molar-refractivity contribution >= 4 is 29.4 Å². The molecule has 2 rings (SSSR count). The number of Topliss-reactive ketones (excluding diaryl/α,β-unsaturated/α-hetero) is 1. The number of hydrogen-bond donors (Lipinski definition) is 2. The topological polar surface area (TPSA) is 110 Å². The molecule has 0 saturated heterocycles. The molecule has 118 valence electrons. The van der Waals surface area contributed by atoms with E-state index in [0.717, 1.165) is 0 Å². The lowest BCUT2D eigenvalue weighted by Gasteiger charge is -2.10. The van der Waals surface area contributed by atoms with Gasteiger partial charge in [0, 0.05) is 18.4 Å². The summed E-state index contributed by atoms with van der Waals surface area (Å²) in [6, 6.07) is 0. The smallest absolute Gasteiger partial charge is 0.408 e. The molecule has 22 heavy (non-hydrogen) atoms. The van der Waals surface area contributed by atoms with Crippen LogP contribution in [-0.4, -0.2) is 54.1 Å². The number of nitrogens with one attached hydrogen (secondary N) is 2. The van der Waals surface area contributed by atoms with Crippen LogP contribution in [0, 0.1) is 0 Å². The van der Waals surface area contributed by atoms with Crippen LogP contribution in [0.1, 0.15) is 27.3 Å². The molecule has 1 aliphatic rings. The van der Waals surface area contributed by atoms with Gasteiger partial charge in [0.25, 0.3) is 0 Å². The highest BCUT2D eigenvalue weighted by Gasteiger charge is 2.27. The Morgan fingerprint density at radius 3 is 3.05 bits per heavy atom. The van der Waals surface area contributed by atoms with Crippen molar-refractivity contribution in [3.05, 3.63) is 28.4 Å². The number of thioether (sulfide) groups is 1. The zero-order chi connectivity index (χ0) is 15.9. The van der Waals surface area contributed by atoms with Crippen LogP contribution in [-0.2, 0) is 9.47 Å². The van der Waals surface area contributed by atoms with E-state index in [-0.39, 0.29) is 24.0 Å². The second kappa shape index (κ2) is 7.76. The van der Waals surface area contributed by atoms with Crippen molar-refractivity contribution in [2.75, 3.05) is 26.2 Å². The molecular weight excluding hydrogens is 310 g/mol. The molecule has 0 bridgehead atoms. The van der Waals surface area contributed by atoms with E-state index in [4.69, 9.17) is 4.74 Å². The highest BCUT2D eigenvalue weighted by atomic mass is 32.2. The molecule has 0 aromatic carbocycles. The molecule has 0 unspecified atom stereocenters. The number of carbonyl (C=O) groups is 3. The molecule has 0 saturated carbocycles. The van der Waals surface area contributed by atoms with Crippen LogP contribution in [0.3, 0.4) is 0 Å². The van der Waals surface area contributed by atoms with Gasteiger partial charge in [0.15, 0.2) is 0 Å². The molecule has 1 aromatic heterocycles. The van der Waals surface area contributed by atoms with Crippen molar-refractivity contribution < 1.29 is 23.9 Å². The fraction of sp³-hybridized carbons (Fsp3) is 0.385. The predicted molar refractivity (Wildman–Crippen MR) is 78.8 cm³/mol. The third kappa shape index (κ3) is 3.95. The summed E-state index contributed by atoms with van der Waals surface area (Å²) in [5, 5.41) is 8.62. The van der Waals surface area contributed by atoms with E-state index in [2.05, 4.69) is 20.3 Å². The van der Waals surface area contributed by atoms with Crippen molar-refractivity contribution in [3.8, 4) is 0 Å². The molecule has 9 heteroatoms. The zero-order valence-corrected chi connectivity index (χ0v) is 12.7. The van der Waals surface area contributed by atoms with Crippen LogP contribution in [0.25, 0.3) is 0 Å². The van der Waals surface area contributed by atoms with E-state index < -0.39 is 6.09 Å². The summed E-state index contributed by atoms with van der Waals surface area (Å²) in [4.78, 5) is 35.0. The number of carbonyl (C=O) groups excluding carboxylic acids is 3. The van der Waals surface area contributed by atoms with Gasteiger partial charge in [-0.25, -0.2) is 4.79 Å². The summed E-state index contributed by atoms with van der Waals surface area (Å²) in [5.41, 5.74) is 0.556. The number of alkyl carbamates (subject to hydrolysis) is 1. The number of hydrogen-bond acceptors (Lipinski definition) is 7. The third-order valence-electron chi connectivity index (χ3n) is 2.81. The van der Waals surface area contributed by atoms with Crippen LogP contribution in [0.2, 0.25) is 0 Å². The summed E-state index contributed by atoms with van der Waals surface area (Å²) in [6.45, 7) is 0.485. The number of methoxy groups -OCH3 is 1. The van der Waals surface area contributed by atoms with Crippen LogP contribution < -0.4 is 5.32 Å². The number of allylic oxidation sites excluding steroid dienone is 2. The minimum absolute atomic E-state index is 0.0653. The van der Waals surface area contributed by atoms with Crippen molar-refractivity contribution in [2.24, 2.45) is 0 Å². The van der Waals surface area contributed by atoms with E-state index in [1.165, 1.54) is 31.1 Å². The first-order chi connectivity index (χ1) is 10.6. The normalized spacial score (nSPS) is 13.6. The molecule has 1 aromatic rings. The van der Waals surface area contributed by atoms with E-state index in [0.29, 0.717) is 29.2 Å². The number of H-pyrrole nitrogens is 1. The van der Waals surface area contributed by atoms with Crippen LogP contribution in [0.4, 0.5) is 4.79 Å². The maximum Gasteiger partial charge on any atom is 0.408 e. The van der Waals surface area contributed by atoms with E-state index in [1.807, 2.05) is 0 Å². The van der Waals surface area contributed by atoms with Gasteiger partial charge in [-0.3, -0.25) is 20.0 Å². The van der Waals surface area contributed by atoms with E-state index >= 15 is 0 Å². The van der Waals surface area contributed by atoms with Gasteiger partial charge in [0.1, 0.15) is 12.4 Å². The molecule has 0 aliphatic heterocycles. The third-order valence-corrected chi connectivity index (χ3v) is 3.92. The molecule has 0 fully saturated rings. The Bertz CT molecular complexity index is 611. The monoisotopic (exact) mass is 325 g/mol. The summed E-state index contributed by atoms with van der Waals surface area (Å²) < 4.78 is 9.56. The maximum atomic E-state index is 12.1. The van der Waals surface area contributed by atoms with Crippen molar-refractivity contribution in [1.82, 2.24) is 15.5 Å². The lowest BCUT2D eigenvalue weighted by Crippen LogP contribution is -2.26. The van der Waals surface area contributed by atoms with Gasteiger partial charge in [-0.05, 0) is 6.42 Å². The molecule has 1 amide bonds. The molecular formula is C13H15N3O5S. The summed E-state index contributed by atoms with van der Waals surface area (Å²) in [5.74, 6) is 0.186. The van der Waals surface area contributed by atoms with E-state index in [1.54, 1.807) is 0 Å². The van der Waals surface area contributed by atoms with Gasteiger partial charge in [0.2, 0.25) is 11.6 Å². The van der Waals surface area contributed by atoms with Gasteiger partial charge in [-0.2, -0.15) is 5.10 Å². The summed E-state index contributed by atoms with van der Waals surface area (Å²) >= 11 is 1.30. The molecule has 0 atom stereocenters. The van der Waals surface area contributed by atoms with Gasteiger partial charge in [0.05, 0.1) is 23.8 Å². The fourth-order valence-corrected chi connectivity index (χ4v) is 2.65. The number of rotatable bonds is 7. The van der Waals surface area contributed by atoms with Gasteiger partial charge < -0.3 is 9.47 Å². The minimum atomic E-state index is -0.554. The highest BCUT2D eigenvalue weighted by Crippen LogP contribution is 2.27. The quantitative estimate of drug-likeness (QED) is 0.571. The second-order valence-corrected chi connectivity index (χ2v) is 5.42. The van der Waals surface area contributed by atoms with Crippen molar-refractivity contribution in [1.29, 1.82) is 0 Å². The number of aromatic amines is 1. The zero-order valence-electron chi connectivity index (χ0n) is 11.9. The first-order valence-electron chi connectivity index (χ1n) is 6.50. The lowest BCUT2D eigenvalue weighted by atomic mass is 10.0. The number of aromatic nitrogens is 2. The average Bonchev–Trinajstić information content (AvgIpc) is 3.01. The van der Waals surface area contributed by atoms with Gasteiger partial charge in [-0.1, -0.05) is 0 Å². The molecule has 0 spiro atoms. The molecule has 8 nitrogen and oxygen atoms in total. The first-order valence-corrected chi connectivity index (χ1v) is 7.48. The Balaban J connectivity index is 1.69. The maximum absolute atomic E-state index is 12.1. The number of ketones is 2. The first kappa shape index (κ1) is 16.2. The predicted octanol–water partition coefficient (Wildman–Crippen LogP) is 1.13. The van der Waals surface area contributed by atoms with Gasteiger partial charge >= 0.3 is 6.09 Å². The lowest BCUT2D eigenvalue weighted by molar-refractivity contribution is 0.0989. The number of ether oxygens (including phenoxy) is 2. The standard InChI is InChI=1S/C13H15N3O5S/c1-20-13(19)14-7-21-3-2-4-22-10-5-9(17)11-8(12(10)18)6-15-16-11/h5-6H,2-4,7H2,1H3,(H,14,19)(H,15,16). The Kier molecular flexibility index (Phi) is 5.73. The van der Waals surface area contributed by atoms with Crippen LogP contribution >= 0.6 is 11.8 Å². The minimum Gasteiger partial charge on any atom is -0.453 e. The SMILES string of the molecule is COC(=O)NCOCCCSC1=CC(=O)c2[nH]ncc2C1=O. The average molecular weight is 325 g/mol. The Labute approximate surface area is 130 Å². The van der Waals surface area contributed by atoms with Crippen LogP contribution in [0.15, 0.2) is 17.2 Å². The Morgan fingerprint density at radius 1 is 1.45 bits per heavy atom. The molecule has 0 radical (unpaired) electrons. The highest BCUT2D eigenvalue weighted by molar-refractivity contribution is 8.04. The Morgan fingerprint density at radius 2 is 2.27 bits per heavy atom. The summed E-state index contributed by atoms with van der Waals surface area (Å²) in [7, 11) is 1.27. The number of nitrogens with zero attached hydrogens (tertiary/aromatic N) is 1. The van der Waals surface area contributed by atoms with Crippen molar-refractivity contribution in [2.45, 2.75) is 6.42 Å². The summed E-state index contributed by atoms with van der Waals surface area (Å²) in [6.07, 6.45) is 2.81. The molecule has 2 N–H and O–H groups in total. The van der Waals surface area contributed by atoms with Gasteiger partial charge in [-0.15, -0.1) is 11.8 Å². The number of fused-ring (bicyclic) bond motifs is 1. The van der Waals surface area contributed by atoms with Crippen LogP contribution in [0.5, 0.6) is 0 Å². The Hall–Kier alpha value is -2.13. The van der Waals surface area contributed by atoms with E-state index in [9.17, 15) is 14.4 Å². The molecule has 1 aliphatic carbocycles. The van der Waals surface area contributed by atoms with Crippen molar-refractivity contribution in [3.63, 3.8) is 0 Å². The molecule has 1 heterocycles. The number of amides is 1. The largest absolute Gasteiger partial charge is 0.453 e. The second-order valence-electron chi connectivity index (χ2n) is 4.28. The fourth-order valence-electron chi connectivity index (χ4n) is 1.74.